The number of rotatable bonds is 6. The van der Waals surface area contributed by atoms with Gasteiger partial charge in [0.15, 0.2) is 0 Å². The van der Waals surface area contributed by atoms with Crippen LogP contribution >= 0.6 is 23.4 Å². The van der Waals surface area contributed by atoms with E-state index in [9.17, 15) is 14.4 Å². The lowest BCUT2D eigenvalue weighted by Gasteiger charge is -2.22. The summed E-state index contributed by atoms with van der Waals surface area (Å²) in [6, 6.07) is 4.96. The Morgan fingerprint density at radius 2 is 1.94 bits per heavy atom. The van der Waals surface area contributed by atoms with Gasteiger partial charge in [0, 0.05) is 32.9 Å². The van der Waals surface area contributed by atoms with Crippen molar-refractivity contribution >= 4 is 46.8 Å². The van der Waals surface area contributed by atoms with E-state index in [2.05, 4.69) is 22.6 Å². The lowest BCUT2D eigenvalue weighted by molar-refractivity contribution is -0.133. The summed E-state index contributed by atoms with van der Waals surface area (Å²) in [5.74, 6) is -0.939. The van der Waals surface area contributed by atoms with Crippen LogP contribution in [0.15, 0.2) is 28.6 Å². The minimum absolute atomic E-state index is 0.112. The fourth-order valence-electron chi connectivity index (χ4n) is 3.57. The molecule has 2 unspecified atom stereocenters. The molecule has 9 heteroatoms. The van der Waals surface area contributed by atoms with Crippen LogP contribution in [-0.4, -0.2) is 73.0 Å². The SMILES string of the molecule is CN1CCc2ccc(NC(=O)C(CC(=O)N(C)C)NC(=O)C3CC=C(Cl)S3)cc2CC1. The summed E-state index contributed by atoms with van der Waals surface area (Å²) >= 11 is 7.22. The molecule has 3 amide bonds. The fourth-order valence-corrected chi connectivity index (χ4v) is 4.81. The number of hydrogen-bond acceptors (Lipinski definition) is 5. The predicted octanol–water partition coefficient (Wildman–Crippen LogP) is 2.20. The molecule has 7 nitrogen and oxygen atoms in total. The van der Waals surface area contributed by atoms with Gasteiger partial charge in [-0.2, -0.15) is 0 Å². The number of hydrogen-bond donors (Lipinski definition) is 2. The molecule has 0 saturated carbocycles. The van der Waals surface area contributed by atoms with E-state index in [0.29, 0.717) is 16.5 Å². The molecule has 2 atom stereocenters. The van der Waals surface area contributed by atoms with Gasteiger partial charge in [0.25, 0.3) is 0 Å². The van der Waals surface area contributed by atoms with Crippen LogP contribution in [0.2, 0.25) is 0 Å². The molecule has 0 bridgehead atoms. The Morgan fingerprint density at radius 1 is 1.23 bits per heavy atom. The van der Waals surface area contributed by atoms with Crippen LogP contribution in [0, 0.1) is 0 Å². The summed E-state index contributed by atoms with van der Waals surface area (Å²) in [6.45, 7) is 1.98. The third-order valence-electron chi connectivity index (χ3n) is 5.55. The molecular weight excluding hydrogens is 436 g/mol. The molecule has 0 aromatic heterocycles. The summed E-state index contributed by atoms with van der Waals surface area (Å²) in [5, 5.41) is 5.25. The van der Waals surface area contributed by atoms with E-state index in [0.717, 1.165) is 25.9 Å². The molecule has 2 N–H and O–H groups in total. The van der Waals surface area contributed by atoms with Crippen LogP contribution in [0.3, 0.4) is 0 Å². The molecule has 2 aliphatic rings. The summed E-state index contributed by atoms with van der Waals surface area (Å²) in [7, 11) is 5.35. The van der Waals surface area contributed by atoms with Crippen LogP contribution < -0.4 is 10.6 Å². The average molecular weight is 465 g/mol. The lowest BCUT2D eigenvalue weighted by Crippen LogP contribution is -2.48. The van der Waals surface area contributed by atoms with Crippen molar-refractivity contribution in [2.75, 3.05) is 39.5 Å². The van der Waals surface area contributed by atoms with Crippen LogP contribution in [-0.2, 0) is 27.2 Å². The molecule has 2 heterocycles. The van der Waals surface area contributed by atoms with Gasteiger partial charge in [0.2, 0.25) is 17.7 Å². The number of anilines is 1. The predicted molar refractivity (Wildman–Crippen MR) is 125 cm³/mol. The highest BCUT2D eigenvalue weighted by molar-refractivity contribution is 8.06. The highest BCUT2D eigenvalue weighted by atomic mass is 35.5. The van der Waals surface area contributed by atoms with Gasteiger partial charge in [0.05, 0.1) is 16.0 Å². The Hall–Kier alpha value is -2.03. The number of fused-ring (bicyclic) bond motifs is 1. The minimum atomic E-state index is -0.965. The molecule has 1 aromatic carbocycles. The van der Waals surface area contributed by atoms with Gasteiger partial charge < -0.3 is 20.4 Å². The van der Waals surface area contributed by atoms with E-state index in [1.54, 1.807) is 20.2 Å². The van der Waals surface area contributed by atoms with Crippen molar-refractivity contribution in [2.45, 2.75) is 37.0 Å². The van der Waals surface area contributed by atoms with Gasteiger partial charge in [-0.3, -0.25) is 14.4 Å². The zero-order valence-corrected chi connectivity index (χ0v) is 19.7. The summed E-state index contributed by atoms with van der Waals surface area (Å²) in [6.07, 6.45) is 4.07. The van der Waals surface area contributed by atoms with Gasteiger partial charge in [-0.25, -0.2) is 0 Å². The van der Waals surface area contributed by atoms with Gasteiger partial charge in [-0.05, 0) is 49.6 Å². The first-order chi connectivity index (χ1) is 14.7. The van der Waals surface area contributed by atoms with Gasteiger partial charge in [0.1, 0.15) is 6.04 Å². The number of carbonyl (C=O) groups is 3. The maximum absolute atomic E-state index is 13.0. The number of amides is 3. The molecule has 3 rings (SSSR count). The van der Waals surface area contributed by atoms with Gasteiger partial charge in [-0.15, -0.1) is 11.8 Å². The number of halogens is 1. The monoisotopic (exact) mass is 464 g/mol. The largest absolute Gasteiger partial charge is 0.349 e. The Morgan fingerprint density at radius 3 is 2.58 bits per heavy atom. The molecule has 31 heavy (non-hydrogen) atoms. The second-order valence-electron chi connectivity index (χ2n) is 8.18. The van der Waals surface area contributed by atoms with Crippen LogP contribution in [0.4, 0.5) is 5.69 Å². The maximum Gasteiger partial charge on any atom is 0.247 e. The Kier molecular flexibility index (Phi) is 8.02. The number of likely N-dealkylation sites (N-methyl/N-ethyl adjacent to an activating group) is 1. The van der Waals surface area contributed by atoms with E-state index in [1.165, 1.54) is 27.8 Å². The van der Waals surface area contributed by atoms with Crippen molar-refractivity contribution < 1.29 is 14.4 Å². The highest BCUT2D eigenvalue weighted by Crippen LogP contribution is 2.34. The van der Waals surface area contributed by atoms with E-state index in [1.807, 2.05) is 18.2 Å². The van der Waals surface area contributed by atoms with Crippen LogP contribution in [0.5, 0.6) is 0 Å². The maximum atomic E-state index is 13.0. The first kappa shape index (κ1) is 23.6. The normalized spacial score (nSPS) is 19.6. The van der Waals surface area contributed by atoms with E-state index in [4.69, 9.17) is 11.6 Å². The second kappa shape index (κ2) is 10.5. The van der Waals surface area contributed by atoms with E-state index >= 15 is 0 Å². The molecule has 168 valence electrons. The van der Waals surface area contributed by atoms with Crippen molar-refractivity contribution in [2.24, 2.45) is 0 Å². The fraction of sp³-hybridized carbons (Fsp3) is 0.500. The first-order valence-corrected chi connectivity index (χ1v) is 11.6. The third kappa shape index (κ3) is 6.48. The first-order valence-electron chi connectivity index (χ1n) is 10.4. The van der Waals surface area contributed by atoms with Gasteiger partial charge >= 0.3 is 0 Å². The van der Waals surface area contributed by atoms with Crippen molar-refractivity contribution in [3.8, 4) is 0 Å². The Labute approximate surface area is 192 Å². The molecule has 0 fully saturated rings. The number of carbonyl (C=O) groups excluding carboxylic acids is 3. The number of nitrogens with zero attached hydrogens (tertiary/aromatic N) is 2. The number of allylic oxidation sites excluding steroid dienone is 1. The van der Waals surface area contributed by atoms with Gasteiger partial charge in [-0.1, -0.05) is 23.7 Å². The Balaban J connectivity index is 1.70. The number of benzene rings is 1. The molecule has 0 saturated heterocycles. The Bertz CT molecular complexity index is 890. The highest BCUT2D eigenvalue weighted by Gasteiger charge is 2.30. The van der Waals surface area contributed by atoms with Crippen LogP contribution in [0.1, 0.15) is 24.0 Å². The van der Waals surface area contributed by atoms with Crippen molar-refractivity contribution in [1.82, 2.24) is 15.1 Å². The van der Waals surface area contributed by atoms with Crippen molar-refractivity contribution in [3.63, 3.8) is 0 Å². The quantitative estimate of drug-likeness (QED) is 0.674. The number of thioether (sulfide) groups is 1. The molecule has 1 aromatic rings. The van der Waals surface area contributed by atoms with E-state index in [-0.39, 0.29) is 23.5 Å². The number of nitrogens with one attached hydrogen (secondary N) is 2. The smallest absolute Gasteiger partial charge is 0.247 e. The molecular formula is C22H29ClN4O3S. The molecule has 0 spiro atoms. The van der Waals surface area contributed by atoms with E-state index < -0.39 is 11.9 Å². The summed E-state index contributed by atoms with van der Waals surface area (Å²) in [5.41, 5.74) is 3.18. The topological polar surface area (TPSA) is 81.8 Å². The second-order valence-corrected chi connectivity index (χ2v) is 10.1. The molecule has 0 radical (unpaired) electrons. The minimum Gasteiger partial charge on any atom is -0.349 e. The van der Waals surface area contributed by atoms with Crippen molar-refractivity contribution in [1.29, 1.82) is 0 Å². The third-order valence-corrected chi connectivity index (χ3v) is 7.05. The zero-order chi connectivity index (χ0) is 22.5. The average Bonchev–Trinajstić information content (AvgIpc) is 3.08. The summed E-state index contributed by atoms with van der Waals surface area (Å²) < 4.78 is 0.571. The molecule has 2 aliphatic heterocycles. The van der Waals surface area contributed by atoms with Crippen molar-refractivity contribution in [3.05, 3.63) is 39.8 Å². The summed E-state index contributed by atoms with van der Waals surface area (Å²) in [4.78, 5) is 41.6. The lowest BCUT2D eigenvalue weighted by atomic mass is 10.0. The zero-order valence-electron chi connectivity index (χ0n) is 18.1. The standard InChI is InChI=1S/C22H29ClN4O3S/c1-26(2)20(28)13-17(25-22(30)18-6-7-19(23)31-18)21(29)24-16-5-4-14-8-10-27(3)11-9-15(14)12-16/h4-5,7,12,17-18H,6,8-11,13H2,1-3H3,(H,24,29)(H,25,30). The molecule has 0 aliphatic carbocycles. The van der Waals surface area contributed by atoms with Crippen LogP contribution in [0.25, 0.3) is 0 Å².